The van der Waals surface area contributed by atoms with E-state index in [1.807, 2.05) is 18.2 Å². The molecule has 0 aliphatic carbocycles. The van der Waals surface area contributed by atoms with E-state index in [9.17, 15) is 9.59 Å². The van der Waals surface area contributed by atoms with Crippen molar-refractivity contribution in [1.29, 1.82) is 0 Å². The van der Waals surface area contributed by atoms with Gasteiger partial charge < -0.3 is 9.64 Å². The predicted molar refractivity (Wildman–Crippen MR) is 67.9 cm³/mol. The highest BCUT2D eigenvalue weighted by Crippen LogP contribution is 2.14. The number of carbonyl (C=O) groups is 1. The van der Waals surface area contributed by atoms with Crippen molar-refractivity contribution in [2.75, 3.05) is 26.3 Å². The second kappa shape index (κ2) is 6.12. The summed E-state index contributed by atoms with van der Waals surface area (Å²) in [7, 11) is 0. The van der Waals surface area contributed by atoms with Gasteiger partial charge in [-0.2, -0.15) is 0 Å². The van der Waals surface area contributed by atoms with Gasteiger partial charge in [0.1, 0.15) is 0 Å². The molecule has 1 aliphatic rings. The molecule has 0 bridgehead atoms. The second-order valence-corrected chi connectivity index (χ2v) is 3.94. The first-order valence-electron chi connectivity index (χ1n) is 5.83. The van der Waals surface area contributed by atoms with Crippen molar-refractivity contribution < 1.29 is 14.3 Å². The Labute approximate surface area is 106 Å². The van der Waals surface area contributed by atoms with Crippen LogP contribution in [-0.2, 0) is 9.53 Å². The van der Waals surface area contributed by atoms with Crippen molar-refractivity contribution >= 4 is 18.3 Å². The van der Waals surface area contributed by atoms with E-state index in [-0.39, 0.29) is 5.91 Å². The molecular weight excluding hydrogens is 230 g/mol. The van der Waals surface area contributed by atoms with Gasteiger partial charge in [0.15, 0.2) is 0 Å². The molecule has 0 N–H and O–H groups in total. The maximum Gasteiger partial charge on any atom is 0.254 e. The number of amides is 1. The fraction of sp³-hybridized carbons (Fsp3) is 0.286. The van der Waals surface area contributed by atoms with Gasteiger partial charge in [0.05, 0.1) is 13.2 Å². The molecule has 0 spiro atoms. The Morgan fingerprint density at radius 1 is 1.28 bits per heavy atom. The Morgan fingerprint density at radius 3 is 2.72 bits per heavy atom. The molecule has 4 heteroatoms. The number of ether oxygens (including phenoxy) is 1. The standard InChI is InChI=1S/C14H14NO3/c16-9-3-5-12-4-1-2-6-13(12)14(17)15-7-10-18-11-8-15/h1-6H,7-8,10-11H2/b5-3+. The van der Waals surface area contributed by atoms with E-state index in [2.05, 4.69) is 0 Å². The van der Waals surface area contributed by atoms with Crippen molar-refractivity contribution in [3.05, 3.63) is 41.5 Å². The summed E-state index contributed by atoms with van der Waals surface area (Å²) >= 11 is 0. The van der Waals surface area contributed by atoms with E-state index >= 15 is 0 Å². The molecule has 0 atom stereocenters. The summed E-state index contributed by atoms with van der Waals surface area (Å²) in [4.78, 5) is 24.3. The first-order valence-corrected chi connectivity index (χ1v) is 5.83. The molecule has 2 rings (SSSR count). The van der Waals surface area contributed by atoms with Crippen LogP contribution in [0.3, 0.4) is 0 Å². The van der Waals surface area contributed by atoms with Crippen LogP contribution in [0, 0.1) is 0 Å². The summed E-state index contributed by atoms with van der Waals surface area (Å²) in [6, 6.07) is 7.22. The summed E-state index contributed by atoms with van der Waals surface area (Å²) in [6.07, 6.45) is 4.55. The van der Waals surface area contributed by atoms with Gasteiger partial charge in [-0.25, -0.2) is 0 Å². The number of rotatable bonds is 3. The third kappa shape index (κ3) is 2.84. The van der Waals surface area contributed by atoms with Gasteiger partial charge in [0.25, 0.3) is 5.91 Å². The summed E-state index contributed by atoms with van der Waals surface area (Å²) in [6.45, 7) is 2.37. The largest absolute Gasteiger partial charge is 0.378 e. The minimum absolute atomic E-state index is 0.0237. The first kappa shape index (κ1) is 12.5. The van der Waals surface area contributed by atoms with E-state index in [1.54, 1.807) is 23.3 Å². The predicted octanol–water partition coefficient (Wildman–Crippen LogP) is 1.28. The average molecular weight is 244 g/mol. The van der Waals surface area contributed by atoms with Gasteiger partial charge in [0, 0.05) is 18.7 Å². The number of benzene rings is 1. The monoisotopic (exact) mass is 244 g/mol. The smallest absolute Gasteiger partial charge is 0.254 e. The van der Waals surface area contributed by atoms with Crippen LogP contribution in [0.25, 0.3) is 6.08 Å². The molecule has 1 aromatic carbocycles. The fourth-order valence-corrected chi connectivity index (χ4v) is 1.90. The maximum absolute atomic E-state index is 12.3. The molecule has 93 valence electrons. The molecule has 1 aliphatic heterocycles. The quantitative estimate of drug-likeness (QED) is 0.752. The topological polar surface area (TPSA) is 46.6 Å². The Morgan fingerprint density at radius 2 is 2.00 bits per heavy atom. The first-order chi connectivity index (χ1) is 8.83. The van der Waals surface area contributed by atoms with Crippen LogP contribution in [0.15, 0.2) is 30.3 Å². The maximum atomic E-state index is 12.3. The van der Waals surface area contributed by atoms with Gasteiger partial charge in [0.2, 0.25) is 6.29 Å². The lowest BCUT2D eigenvalue weighted by atomic mass is 10.1. The minimum Gasteiger partial charge on any atom is -0.378 e. The van der Waals surface area contributed by atoms with Crippen molar-refractivity contribution in [2.24, 2.45) is 0 Å². The van der Waals surface area contributed by atoms with E-state index in [1.165, 1.54) is 6.08 Å². The molecule has 0 aromatic heterocycles. The summed E-state index contributed by atoms with van der Waals surface area (Å²) in [5.74, 6) is -0.0237. The molecular formula is C14H14NO3. The van der Waals surface area contributed by atoms with Crippen molar-refractivity contribution in [2.45, 2.75) is 0 Å². The molecule has 0 saturated carbocycles. The molecule has 18 heavy (non-hydrogen) atoms. The van der Waals surface area contributed by atoms with Gasteiger partial charge in [-0.3, -0.25) is 9.59 Å². The number of allylic oxidation sites excluding steroid dienone is 1. The lowest BCUT2D eigenvalue weighted by Crippen LogP contribution is -2.40. The molecule has 4 nitrogen and oxygen atoms in total. The zero-order valence-corrected chi connectivity index (χ0v) is 9.96. The molecule has 1 heterocycles. The summed E-state index contributed by atoms with van der Waals surface area (Å²) in [5.41, 5.74) is 1.34. The van der Waals surface area contributed by atoms with E-state index in [4.69, 9.17) is 4.74 Å². The molecule has 1 radical (unpaired) electrons. The Kier molecular flexibility index (Phi) is 4.25. The number of morpholine rings is 1. The third-order valence-corrected chi connectivity index (χ3v) is 2.82. The fourth-order valence-electron chi connectivity index (χ4n) is 1.90. The van der Waals surface area contributed by atoms with E-state index in [0.29, 0.717) is 31.9 Å². The van der Waals surface area contributed by atoms with Crippen molar-refractivity contribution in [1.82, 2.24) is 4.90 Å². The molecule has 1 saturated heterocycles. The van der Waals surface area contributed by atoms with Crippen LogP contribution in [0.2, 0.25) is 0 Å². The third-order valence-electron chi connectivity index (χ3n) is 2.82. The van der Waals surface area contributed by atoms with Crippen LogP contribution in [0.5, 0.6) is 0 Å². The number of hydrogen-bond donors (Lipinski definition) is 0. The van der Waals surface area contributed by atoms with Gasteiger partial charge in [-0.15, -0.1) is 0 Å². The average Bonchev–Trinajstić information content (AvgIpc) is 2.45. The van der Waals surface area contributed by atoms with Gasteiger partial charge in [-0.05, 0) is 17.7 Å². The minimum atomic E-state index is -0.0237. The second-order valence-electron chi connectivity index (χ2n) is 3.94. The van der Waals surface area contributed by atoms with Crippen LogP contribution >= 0.6 is 0 Å². The molecule has 1 aromatic rings. The molecule has 1 amide bonds. The SMILES string of the molecule is O=[C]/C=C/c1ccccc1C(=O)N1CCOCC1. The zero-order valence-electron chi connectivity index (χ0n) is 9.96. The van der Waals surface area contributed by atoms with Crippen LogP contribution in [0.1, 0.15) is 15.9 Å². The Bertz CT molecular complexity index is 462. The normalized spacial score (nSPS) is 15.9. The van der Waals surface area contributed by atoms with E-state index < -0.39 is 0 Å². The summed E-state index contributed by atoms with van der Waals surface area (Å²) in [5, 5.41) is 0. The lowest BCUT2D eigenvalue weighted by molar-refractivity contribution is 0.0303. The number of carbonyl (C=O) groups excluding carboxylic acids is 2. The Balaban J connectivity index is 2.23. The van der Waals surface area contributed by atoms with Crippen LogP contribution < -0.4 is 0 Å². The highest BCUT2D eigenvalue weighted by Gasteiger charge is 2.19. The van der Waals surface area contributed by atoms with E-state index in [0.717, 1.165) is 5.56 Å². The lowest BCUT2D eigenvalue weighted by Gasteiger charge is -2.27. The number of nitrogens with zero attached hydrogens (tertiary/aromatic N) is 1. The van der Waals surface area contributed by atoms with Crippen molar-refractivity contribution in [3.8, 4) is 0 Å². The molecule has 1 fully saturated rings. The highest BCUT2D eigenvalue weighted by molar-refractivity contribution is 5.98. The highest BCUT2D eigenvalue weighted by atomic mass is 16.5. The van der Waals surface area contributed by atoms with Gasteiger partial charge in [-0.1, -0.05) is 24.3 Å². The van der Waals surface area contributed by atoms with Crippen LogP contribution in [0.4, 0.5) is 0 Å². The van der Waals surface area contributed by atoms with Crippen LogP contribution in [-0.4, -0.2) is 43.4 Å². The number of hydrogen-bond acceptors (Lipinski definition) is 3. The Hall–Kier alpha value is -1.94. The summed E-state index contributed by atoms with van der Waals surface area (Å²) < 4.78 is 5.22. The molecule has 0 unspecified atom stereocenters. The van der Waals surface area contributed by atoms with Gasteiger partial charge >= 0.3 is 0 Å². The van der Waals surface area contributed by atoms with Crippen molar-refractivity contribution in [3.63, 3.8) is 0 Å². The zero-order chi connectivity index (χ0) is 12.8.